The summed E-state index contributed by atoms with van der Waals surface area (Å²) < 4.78 is 6.56. The van der Waals surface area contributed by atoms with E-state index < -0.39 is 35.6 Å². The van der Waals surface area contributed by atoms with Crippen molar-refractivity contribution >= 4 is 46.1 Å². The second-order valence-corrected chi connectivity index (χ2v) is 14.5. The first-order chi connectivity index (χ1) is 26.7. The van der Waals surface area contributed by atoms with Crippen LogP contribution in [0.5, 0.6) is 5.75 Å². The van der Waals surface area contributed by atoms with Gasteiger partial charge in [0.15, 0.2) is 0 Å². The molecule has 4 heterocycles. The predicted molar refractivity (Wildman–Crippen MR) is 210 cm³/mol. The van der Waals surface area contributed by atoms with Crippen molar-refractivity contribution in [3.63, 3.8) is 0 Å². The van der Waals surface area contributed by atoms with Crippen molar-refractivity contribution in [1.29, 1.82) is 0 Å². The van der Waals surface area contributed by atoms with E-state index in [-0.39, 0.29) is 35.8 Å². The number of hydrogen-bond acceptors (Lipinski definition) is 9. The Morgan fingerprint density at radius 2 is 1.71 bits per heavy atom. The van der Waals surface area contributed by atoms with E-state index >= 15 is 0 Å². The number of ether oxygens (including phenoxy) is 1. The highest BCUT2D eigenvalue weighted by atomic mass is 16.5. The van der Waals surface area contributed by atoms with Gasteiger partial charge in [0.2, 0.25) is 17.7 Å². The molecule has 2 aromatic heterocycles. The van der Waals surface area contributed by atoms with Gasteiger partial charge in [0.25, 0.3) is 11.8 Å². The highest BCUT2D eigenvalue weighted by Crippen LogP contribution is 2.43. The summed E-state index contributed by atoms with van der Waals surface area (Å²) in [5.74, 6) is -2.43. The summed E-state index contributed by atoms with van der Waals surface area (Å²) in [6, 6.07) is 14.1. The van der Waals surface area contributed by atoms with Crippen LogP contribution in [0.25, 0.3) is 10.9 Å². The molecule has 288 valence electrons. The van der Waals surface area contributed by atoms with Gasteiger partial charge in [-0.1, -0.05) is 69.7 Å². The number of amides is 5. The van der Waals surface area contributed by atoms with E-state index in [1.165, 1.54) is 0 Å². The topological polar surface area (TPSA) is 174 Å². The van der Waals surface area contributed by atoms with Crippen LogP contribution in [0.2, 0.25) is 0 Å². The summed E-state index contributed by atoms with van der Waals surface area (Å²) in [6.45, 7) is 5.22. The molecule has 2 aromatic carbocycles. The molecular formula is C43H50N6O6. The number of nitrogens with zero attached hydrogens (tertiary/aromatic N) is 3. The van der Waals surface area contributed by atoms with Gasteiger partial charge in [0.1, 0.15) is 17.3 Å². The molecule has 0 bridgehead atoms. The largest absolute Gasteiger partial charge is 0.491 e. The Kier molecular flexibility index (Phi) is 12.9. The number of fused-ring (bicyclic) bond motifs is 2. The lowest BCUT2D eigenvalue weighted by Crippen LogP contribution is -2.54. The minimum Gasteiger partial charge on any atom is -0.491 e. The average Bonchev–Trinajstić information content (AvgIpc) is 3.44. The summed E-state index contributed by atoms with van der Waals surface area (Å²) >= 11 is 0. The van der Waals surface area contributed by atoms with Crippen LogP contribution in [0.15, 0.2) is 67.1 Å². The van der Waals surface area contributed by atoms with Gasteiger partial charge in [-0.25, -0.2) is 0 Å². The third-order valence-corrected chi connectivity index (χ3v) is 10.8. The number of nitrogens with two attached hydrogens (primary N) is 1. The fraction of sp³-hybridized carbons (Fsp3) is 0.419. The van der Waals surface area contributed by atoms with E-state index in [0.29, 0.717) is 31.0 Å². The molecular weight excluding hydrogens is 697 g/mol. The number of rotatable bonds is 19. The summed E-state index contributed by atoms with van der Waals surface area (Å²) in [5.41, 5.74) is 10.8. The van der Waals surface area contributed by atoms with Crippen LogP contribution in [0, 0.1) is 12.8 Å². The van der Waals surface area contributed by atoms with Crippen molar-refractivity contribution in [3.05, 3.63) is 94.9 Å². The Morgan fingerprint density at radius 1 is 0.964 bits per heavy atom. The number of nitrogens with one attached hydrogen (secondary N) is 2. The van der Waals surface area contributed by atoms with Crippen LogP contribution in [-0.4, -0.2) is 63.6 Å². The molecule has 3 atom stereocenters. The van der Waals surface area contributed by atoms with E-state index in [2.05, 4.69) is 28.6 Å². The van der Waals surface area contributed by atoms with Crippen molar-refractivity contribution in [3.8, 4) is 5.75 Å². The van der Waals surface area contributed by atoms with Crippen LogP contribution in [-0.2, 0) is 14.4 Å². The fourth-order valence-electron chi connectivity index (χ4n) is 7.94. The highest BCUT2D eigenvalue weighted by Gasteiger charge is 2.45. The molecule has 5 amide bonds. The van der Waals surface area contributed by atoms with Gasteiger partial charge < -0.3 is 15.8 Å². The van der Waals surface area contributed by atoms with Crippen LogP contribution in [0.4, 0.5) is 5.69 Å². The summed E-state index contributed by atoms with van der Waals surface area (Å²) in [5, 5.41) is 6.58. The molecule has 1 saturated heterocycles. The molecule has 0 spiro atoms. The Morgan fingerprint density at radius 3 is 2.42 bits per heavy atom. The summed E-state index contributed by atoms with van der Waals surface area (Å²) in [4.78, 5) is 73.2. The number of imide groups is 2. The number of piperidine rings is 1. The molecule has 4 N–H and O–H groups in total. The molecule has 0 saturated carbocycles. The third kappa shape index (κ3) is 8.69. The lowest BCUT2D eigenvalue weighted by atomic mass is 9.78. The van der Waals surface area contributed by atoms with E-state index in [1.54, 1.807) is 36.8 Å². The number of unbranched alkanes of at least 4 members (excludes halogenated alkanes) is 7. The molecule has 12 nitrogen and oxygen atoms in total. The van der Waals surface area contributed by atoms with Crippen LogP contribution >= 0.6 is 0 Å². The molecule has 55 heavy (non-hydrogen) atoms. The lowest BCUT2D eigenvalue weighted by Gasteiger charge is -2.27. The first-order valence-electron chi connectivity index (χ1n) is 19.5. The molecule has 12 heteroatoms. The summed E-state index contributed by atoms with van der Waals surface area (Å²) in [7, 11) is 0. The molecule has 1 fully saturated rings. The summed E-state index contributed by atoms with van der Waals surface area (Å²) in [6.07, 6.45) is 14.4. The smallest absolute Gasteiger partial charge is 0.264 e. The zero-order valence-electron chi connectivity index (χ0n) is 31.6. The third-order valence-electron chi connectivity index (χ3n) is 10.8. The standard InChI is InChI=1S/C43H50N6O6/c1-3-29(40(44)51)36(28-15-13-21-45-26-28)32-25-27(2)30-17-14-23-47-38(30)39(32)55-24-11-9-7-5-4-6-8-10-22-46-33-18-12-16-31-37(33)43(54)49(42(31)53)34-19-20-35(50)48-41(34)52/h12-18,21,23,25-26,29,34,36,46H,3-11,19-20,22,24H2,1-2H3,(H2,44,51)(H,48,50,52). The van der Waals surface area contributed by atoms with Crippen molar-refractivity contribution in [1.82, 2.24) is 20.2 Å². The molecule has 4 aromatic rings. The van der Waals surface area contributed by atoms with Crippen molar-refractivity contribution in [2.75, 3.05) is 18.5 Å². The van der Waals surface area contributed by atoms with Gasteiger partial charge in [-0.3, -0.25) is 44.2 Å². The van der Waals surface area contributed by atoms with Gasteiger partial charge in [-0.15, -0.1) is 0 Å². The van der Waals surface area contributed by atoms with E-state index in [1.807, 2.05) is 31.2 Å². The van der Waals surface area contributed by atoms with Gasteiger partial charge in [-0.05, 0) is 68.0 Å². The molecule has 2 aliphatic heterocycles. The number of benzene rings is 2. The zero-order valence-corrected chi connectivity index (χ0v) is 31.6. The second-order valence-electron chi connectivity index (χ2n) is 14.5. The van der Waals surface area contributed by atoms with Crippen molar-refractivity contribution in [2.24, 2.45) is 11.7 Å². The normalized spacial score (nSPS) is 16.5. The number of carbonyl (C=O) groups is 5. The average molecular weight is 747 g/mol. The van der Waals surface area contributed by atoms with E-state index in [9.17, 15) is 24.0 Å². The van der Waals surface area contributed by atoms with E-state index in [4.69, 9.17) is 15.5 Å². The number of carbonyl (C=O) groups excluding carboxylic acids is 5. The number of anilines is 1. The highest BCUT2D eigenvalue weighted by molar-refractivity contribution is 6.25. The first-order valence-corrected chi connectivity index (χ1v) is 19.5. The van der Waals surface area contributed by atoms with Gasteiger partial charge in [0.05, 0.1) is 17.7 Å². The first kappa shape index (κ1) is 39.1. The molecule has 0 aliphatic carbocycles. The Hall–Kier alpha value is -5.65. The number of aromatic nitrogens is 2. The number of primary amides is 1. The fourth-order valence-corrected chi connectivity index (χ4v) is 7.94. The van der Waals surface area contributed by atoms with Crippen LogP contribution in [0.1, 0.15) is 121 Å². The number of aryl methyl sites for hydroxylation is 1. The maximum atomic E-state index is 13.3. The monoisotopic (exact) mass is 746 g/mol. The minimum atomic E-state index is -0.983. The molecule has 0 radical (unpaired) electrons. The molecule has 2 aliphatic rings. The molecule has 3 unspecified atom stereocenters. The minimum absolute atomic E-state index is 0.0856. The maximum Gasteiger partial charge on any atom is 0.264 e. The lowest BCUT2D eigenvalue weighted by molar-refractivity contribution is -0.136. The zero-order chi connectivity index (χ0) is 38.9. The van der Waals surface area contributed by atoms with Crippen LogP contribution in [0.3, 0.4) is 0 Å². The Labute approximate surface area is 321 Å². The quantitative estimate of drug-likeness (QED) is 0.0706. The van der Waals surface area contributed by atoms with Gasteiger partial charge >= 0.3 is 0 Å². The van der Waals surface area contributed by atoms with E-state index in [0.717, 1.165) is 83.9 Å². The maximum absolute atomic E-state index is 13.3. The van der Waals surface area contributed by atoms with Crippen molar-refractivity contribution in [2.45, 2.75) is 96.4 Å². The SMILES string of the molecule is CCC(C(N)=O)C(c1cccnc1)c1cc(C)c2cccnc2c1OCCCCCCCCCCNc1cccc2c1C(=O)N(C1CCC(=O)NC1=O)C2=O. The second kappa shape index (κ2) is 18.1. The number of hydrogen-bond donors (Lipinski definition) is 3. The van der Waals surface area contributed by atoms with Gasteiger partial charge in [0, 0.05) is 60.0 Å². The molecule has 6 rings (SSSR count). The Bertz CT molecular complexity index is 2050. The Balaban J connectivity index is 0.955. The predicted octanol–water partition coefficient (Wildman–Crippen LogP) is 6.59. The number of pyridine rings is 2. The van der Waals surface area contributed by atoms with Gasteiger partial charge in [-0.2, -0.15) is 0 Å². The van der Waals surface area contributed by atoms with Crippen LogP contribution < -0.4 is 21.1 Å². The van der Waals surface area contributed by atoms with Crippen molar-refractivity contribution < 1.29 is 28.7 Å².